The van der Waals surface area contributed by atoms with Crippen molar-refractivity contribution >= 4 is 17.4 Å². The van der Waals surface area contributed by atoms with Crippen molar-refractivity contribution < 1.29 is 4.79 Å². The van der Waals surface area contributed by atoms with Gasteiger partial charge in [0.1, 0.15) is 11.5 Å². The second kappa shape index (κ2) is 8.86. The zero-order valence-electron chi connectivity index (χ0n) is 16.7. The molecule has 2 aromatic carbocycles. The molecule has 1 N–H and O–H groups in total. The largest absolute Gasteiger partial charge is 0.339 e. The first-order chi connectivity index (χ1) is 14.2. The van der Waals surface area contributed by atoms with Crippen LogP contribution in [0.3, 0.4) is 0 Å². The fourth-order valence-electron chi connectivity index (χ4n) is 3.80. The monoisotopic (exact) mass is 386 g/mol. The van der Waals surface area contributed by atoms with Gasteiger partial charge in [-0.15, -0.1) is 0 Å². The lowest BCUT2D eigenvalue weighted by Gasteiger charge is -2.31. The molecule has 5 nitrogen and oxygen atoms in total. The summed E-state index contributed by atoms with van der Waals surface area (Å²) in [4.78, 5) is 23.4. The molecule has 1 saturated heterocycles. The predicted molar refractivity (Wildman–Crippen MR) is 115 cm³/mol. The van der Waals surface area contributed by atoms with E-state index in [1.165, 1.54) is 5.56 Å². The van der Waals surface area contributed by atoms with Gasteiger partial charge in [-0.05, 0) is 49.3 Å². The molecule has 0 saturated carbocycles. The highest BCUT2D eigenvalue weighted by molar-refractivity contribution is 5.92. The lowest BCUT2D eigenvalue weighted by atomic mass is 9.90. The SMILES string of the molecule is Cc1ccccc1Nc1cnc(C(=O)N2CCC(Cc3ccccc3)CC2)cn1. The Morgan fingerprint density at radius 3 is 2.41 bits per heavy atom. The Bertz CT molecular complexity index is 948. The normalized spacial score (nSPS) is 14.6. The van der Waals surface area contributed by atoms with Gasteiger partial charge < -0.3 is 10.2 Å². The van der Waals surface area contributed by atoms with Gasteiger partial charge in [-0.2, -0.15) is 0 Å². The second-order valence-electron chi connectivity index (χ2n) is 7.65. The first-order valence-corrected chi connectivity index (χ1v) is 10.2. The number of aromatic nitrogens is 2. The van der Waals surface area contributed by atoms with E-state index in [4.69, 9.17) is 0 Å². The zero-order valence-corrected chi connectivity index (χ0v) is 16.7. The maximum absolute atomic E-state index is 12.8. The van der Waals surface area contributed by atoms with Gasteiger partial charge in [-0.1, -0.05) is 48.5 Å². The zero-order chi connectivity index (χ0) is 20.1. The number of amides is 1. The fraction of sp³-hybridized carbons (Fsp3) is 0.292. The molecule has 0 atom stereocenters. The molecular formula is C24H26N4O. The Hall–Kier alpha value is -3.21. The van der Waals surface area contributed by atoms with Gasteiger partial charge in [0, 0.05) is 18.8 Å². The topological polar surface area (TPSA) is 58.1 Å². The van der Waals surface area contributed by atoms with Gasteiger partial charge in [0.15, 0.2) is 0 Å². The van der Waals surface area contributed by atoms with E-state index >= 15 is 0 Å². The summed E-state index contributed by atoms with van der Waals surface area (Å²) in [5, 5.41) is 3.25. The highest BCUT2D eigenvalue weighted by Gasteiger charge is 2.24. The number of rotatable bonds is 5. The van der Waals surface area contributed by atoms with E-state index in [2.05, 4.69) is 39.6 Å². The molecule has 0 unspecified atom stereocenters. The van der Waals surface area contributed by atoms with Crippen LogP contribution in [0.15, 0.2) is 67.0 Å². The molecule has 5 heteroatoms. The molecule has 0 aliphatic carbocycles. The van der Waals surface area contributed by atoms with Crippen molar-refractivity contribution in [3.05, 3.63) is 83.8 Å². The van der Waals surface area contributed by atoms with Gasteiger partial charge in [-0.3, -0.25) is 4.79 Å². The third kappa shape index (κ3) is 4.80. The summed E-state index contributed by atoms with van der Waals surface area (Å²) < 4.78 is 0. The van der Waals surface area contributed by atoms with Gasteiger partial charge >= 0.3 is 0 Å². The average Bonchev–Trinajstić information content (AvgIpc) is 2.77. The van der Waals surface area contributed by atoms with Crippen LogP contribution in [0.1, 0.15) is 34.5 Å². The molecule has 0 spiro atoms. The number of anilines is 2. The summed E-state index contributed by atoms with van der Waals surface area (Å²) in [6, 6.07) is 18.6. The Kier molecular flexibility index (Phi) is 5.84. The summed E-state index contributed by atoms with van der Waals surface area (Å²) in [6.07, 6.45) is 6.34. The maximum Gasteiger partial charge on any atom is 0.274 e. The molecule has 1 aromatic heterocycles. The minimum Gasteiger partial charge on any atom is -0.339 e. The molecule has 2 heterocycles. The molecule has 148 valence electrons. The van der Waals surface area contributed by atoms with Crippen molar-refractivity contribution in [2.75, 3.05) is 18.4 Å². The summed E-state index contributed by atoms with van der Waals surface area (Å²) >= 11 is 0. The van der Waals surface area contributed by atoms with Gasteiger partial charge in [0.2, 0.25) is 0 Å². The molecule has 1 aliphatic rings. The number of carbonyl (C=O) groups is 1. The van der Waals surface area contributed by atoms with E-state index in [-0.39, 0.29) is 5.91 Å². The standard InChI is InChI=1S/C24H26N4O/c1-18-7-5-6-10-21(18)27-23-17-25-22(16-26-23)24(29)28-13-11-20(12-14-28)15-19-8-3-2-4-9-19/h2-10,16-17,20H,11-15H2,1H3,(H,26,27). The third-order valence-corrected chi connectivity index (χ3v) is 5.55. The van der Waals surface area contributed by atoms with Crippen molar-refractivity contribution in [1.29, 1.82) is 0 Å². The molecule has 1 fully saturated rings. The Balaban J connectivity index is 1.32. The van der Waals surface area contributed by atoms with E-state index in [9.17, 15) is 4.79 Å². The van der Waals surface area contributed by atoms with Crippen molar-refractivity contribution in [3.8, 4) is 0 Å². The van der Waals surface area contributed by atoms with Crippen molar-refractivity contribution in [1.82, 2.24) is 14.9 Å². The fourth-order valence-corrected chi connectivity index (χ4v) is 3.80. The Morgan fingerprint density at radius 2 is 1.72 bits per heavy atom. The summed E-state index contributed by atoms with van der Waals surface area (Å²) in [5.74, 6) is 1.24. The molecule has 4 rings (SSSR count). The molecule has 1 aliphatic heterocycles. The smallest absolute Gasteiger partial charge is 0.274 e. The summed E-state index contributed by atoms with van der Waals surface area (Å²) in [6.45, 7) is 3.59. The Morgan fingerprint density at radius 1 is 1.00 bits per heavy atom. The second-order valence-corrected chi connectivity index (χ2v) is 7.65. The van der Waals surface area contributed by atoms with Gasteiger partial charge in [0.25, 0.3) is 5.91 Å². The van der Waals surface area contributed by atoms with Crippen LogP contribution in [0.25, 0.3) is 0 Å². The number of benzene rings is 2. The van der Waals surface area contributed by atoms with E-state index in [0.29, 0.717) is 17.4 Å². The quantitative estimate of drug-likeness (QED) is 0.695. The van der Waals surface area contributed by atoms with E-state index in [1.54, 1.807) is 12.4 Å². The van der Waals surface area contributed by atoms with Crippen LogP contribution < -0.4 is 5.32 Å². The van der Waals surface area contributed by atoms with E-state index in [0.717, 1.165) is 43.6 Å². The van der Waals surface area contributed by atoms with Gasteiger partial charge in [-0.25, -0.2) is 9.97 Å². The number of carbonyl (C=O) groups excluding carboxylic acids is 1. The van der Waals surface area contributed by atoms with Crippen LogP contribution in [0.2, 0.25) is 0 Å². The van der Waals surface area contributed by atoms with E-state index in [1.807, 2.05) is 42.2 Å². The molecule has 0 bridgehead atoms. The van der Waals surface area contributed by atoms with E-state index < -0.39 is 0 Å². The minimum absolute atomic E-state index is 0.0295. The van der Waals surface area contributed by atoms with Crippen molar-refractivity contribution in [3.63, 3.8) is 0 Å². The van der Waals surface area contributed by atoms with Crippen LogP contribution in [-0.4, -0.2) is 33.9 Å². The van der Waals surface area contributed by atoms with Crippen LogP contribution in [-0.2, 0) is 6.42 Å². The number of hydrogen-bond acceptors (Lipinski definition) is 4. The number of likely N-dealkylation sites (tertiary alicyclic amines) is 1. The van der Waals surface area contributed by atoms with Gasteiger partial charge in [0.05, 0.1) is 12.4 Å². The molecule has 3 aromatic rings. The van der Waals surface area contributed by atoms with Crippen molar-refractivity contribution in [2.24, 2.45) is 5.92 Å². The number of nitrogens with zero attached hydrogens (tertiary/aromatic N) is 3. The van der Waals surface area contributed by atoms with Crippen LogP contribution in [0, 0.1) is 12.8 Å². The highest BCUT2D eigenvalue weighted by Crippen LogP contribution is 2.23. The Labute approximate surface area is 171 Å². The maximum atomic E-state index is 12.8. The van der Waals surface area contributed by atoms with Crippen LogP contribution in [0.5, 0.6) is 0 Å². The lowest BCUT2D eigenvalue weighted by Crippen LogP contribution is -2.39. The van der Waals surface area contributed by atoms with Crippen molar-refractivity contribution in [2.45, 2.75) is 26.2 Å². The minimum atomic E-state index is -0.0295. The first kappa shape index (κ1) is 19.1. The summed E-state index contributed by atoms with van der Waals surface area (Å²) in [7, 11) is 0. The number of hydrogen-bond donors (Lipinski definition) is 1. The third-order valence-electron chi connectivity index (χ3n) is 5.55. The highest BCUT2D eigenvalue weighted by atomic mass is 16.2. The number of piperidine rings is 1. The number of para-hydroxylation sites is 1. The lowest BCUT2D eigenvalue weighted by molar-refractivity contribution is 0.0684. The number of nitrogens with one attached hydrogen (secondary N) is 1. The first-order valence-electron chi connectivity index (χ1n) is 10.2. The molecular weight excluding hydrogens is 360 g/mol. The predicted octanol–water partition coefficient (Wildman–Crippen LogP) is 4.62. The molecule has 1 amide bonds. The molecule has 29 heavy (non-hydrogen) atoms. The average molecular weight is 386 g/mol. The van der Waals surface area contributed by atoms with Crippen LogP contribution >= 0.6 is 0 Å². The molecule has 0 radical (unpaired) electrons. The summed E-state index contributed by atoms with van der Waals surface area (Å²) in [5.41, 5.74) is 3.90. The number of aryl methyl sites for hydroxylation is 1. The van der Waals surface area contributed by atoms with Crippen LogP contribution in [0.4, 0.5) is 11.5 Å².